The molecule has 0 heterocycles. The number of hydrogen-bond acceptors (Lipinski definition) is 5. The minimum Gasteiger partial charge on any atom is -0.327 e. The predicted molar refractivity (Wildman–Crippen MR) is 97.9 cm³/mol. The van der Waals surface area contributed by atoms with Gasteiger partial charge in [0.05, 0.1) is 4.90 Å². The highest BCUT2D eigenvalue weighted by Gasteiger charge is 2.07. The van der Waals surface area contributed by atoms with Gasteiger partial charge >= 0.3 is 0 Å². The first-order valence-electron chi connectivity index (χ1n) is 7.22. The SMILES string of the molecule is CC(N)CSC(=O)c1ccccc1.Cc1ccc(S(=O)(=O)O)cc1. The van der Waals surface area contributed by atoms with Crippen LogP contribution < -0.4 is 5.73 Å². The van der Waals surface area contributed by atoms with E-state index in [4.69, 9.17) is 10.3 Å². The highest BCUT2D eigenvalue weighted by atomic mass is 32.2. The molecule has 24 heavy (non-hydrogen) atoms. The Kier molecular flexibility index (Phi) is 8.14. The van der Waals surface area contributed by atoms with Gasteiger partial charge in [-0.2, -0.15) is 8.42 Å². The van der Waals surface area contributed by atoms with Crippen LogP contribution in [0.15, 0.2) is 59.5 Å². The standard InChI is InChI=1S/C10H13NOS.C7H8O3S/c1-8(11)7-13-10(12)9-5-3-2-4-6-9;1-6-2-4-7(5-3-6)11(8,9)10/h2-6,8H,7,11H2,1H3;2-5H,1H3,(H,8,9,10). The third kappa shape index (κ3) is 7.74. The van der Waals surface area contributed by atoms with Crippen molar-refractivity contribution in [1.29, 1.82) is 0 Å². The van der Waals surface area contributed by atoms with Crippen molar-refractivity contribution in [1.82, 2.24) is 0 Å². The average Bonchev–Trinajstić information content (AvgIpc) is 2.53. The Bertz CT molecular complexity index is 742. The van der Waals surface area contributed by atoms with Gasteiger partial charge in [0.2, 0.25) is 5.12 Å². The van der Waals surface area contributed by atoms with Gasteiger partial charge in [0, 0.05) is 17.4 Å². The fourth-order valence-electron chi connectivity index (χ4n) is 1.57. The Morgan fingerprint density at radius 3 is 2.12 bits per heavy atom. The van der Waals surface area contributed by atoms with Gasteiger partial charge in [-0.25, -0.2) is 0 Å². The van der Waals surface area contributed by atoms with Crippen LogP contribution in [-0.4, -0.2) is 29.9 Å². The topological polar surface area (TPSA) is 97.5 Å². The highest BCUT2D eigenvalue weighted by molar-refractivity contribution is 8.14. The Hall–Kier alpha value is -1.67. The number of hydrogen-bond donors (Lipinski definition) is 2. The van der Waals surface area contributed by atoms with Crippen molar-refractivity contribution in [3.05, 3.63) is 65.7 Å². The summed E-state index contributed by atoms with van der Waals surface area (Å²) in [5, 5.41) is 0.0953. The van der Waals surface area contributed by atoms with Crippen LogP contribution in [0.1, 0.15) is 22.8 Å². The van der Waals surface area contributed by atoms with E-state index in [1.807, 2.05) is 44.2 Å². The zero-order valence-corrected chi connectivity index (χ0v) is 15.2. The van der Waals surface area contributed by atoms with Gasteiger partial charge < -0.3 is 5.73 Å². The maximum atomic E-state index is 11.5. The summed E-state index contributed by atoms with van der Waals surface area (Å²) < 4.78 is 29.6. The predicted octanol–water partition coefficient (Wildman–Crippen LogP) is 3.15. The first-order valence-corrected chi connectivity index (χ1v) is 9.64. The molecule has 3 N–H and O–H groups in total. The smallest absolute Gasteiger partial charge is 0.294 e. The number of carbonyl (C=O) groups excluding carboxylic acids is 1. The van der Waals surface area contributed by atoms with Gasteiger partial charge in [-0.05, 0) is 26.0 Å². The maximum absolute atomic E-state index is 11.5. The molecule has 2 aromatic rings. The van der Waals surface area contributed by atoms with Gasteiger partial charge in [-0.15, -0.1) is 0 Å². The third-order valence-corrected chi connectivity index (χ3v) is 4.86. The van der Waals surface area contributed by atoms with Crippen LogP contribution in [0.2, 0.25) is 0 Å². The number of carbonyl (C=O) groups is 1. The number of rotatable bonds is 4. The van der Waals surface area contributed by atoms with Gasteiger partial charge in [-0.3, -0.25) is 9.35 Å². The van der Waals surface area contributed by atoms with E-state index in [1.165, 1.54) is 23.9 Å². The lowest BCUT2D eigenvalue weighted by molar-refractivity contribution is 0.108. The van der Waals surface area contributed by atoms with E-state index >= 15 is 0 Å². The van der Waals surface area contributed by atoms with E-state index in [-0.39, 0.29) is 16.1 Å². The molecule has 1 unspecified atom stereocenters. The molecule has 0 aliphatic heterocycles. The van der Waals surface area contributed by atoms with Crippen molar-refractivity contribution in [3.63, 3.8) is 0 Å². The van der Waals surface area contributed by atoms with E-state index in [1.54, 1.807) is 12.1 Å². The summed E-state index contributed by atoms with van der Waals surface area (Å²) >= 11 is 1.27. The summed E-state index contributed by atoms with van der Waals surface area (Å²) in [5.74, 6) is 0.674. The first-order chi connectivity index (χ1) is 11.2. The molecule has 2 rings (SSSR count). The van der Waals surface area contributed by atoms with Crippen molar-refractivity contribution in [2.24, 2.45) is 5.73 Å². The molecule has 5 nitrogen and oxygen atoms in total. The molecule has 130 valence electrons. The van der Waals surface area contributed by atoms with Gasteiger partial charge in [-0.1, -0.05) is 59.8 Å². The second-order valence-corrected chi connectivity index (χ2v) is 7.64. The quantitative estimate of drug-likeness (QED) is 0.806. The van der Waals surface area contributed by atoms with Crippen molar-refractivity contribution in [3.8, 4) is 0 Å². The van der Waals surface area contributed by atoms with Crippen molar-refractivity contribution >= 4 is 27.0 Å². The van der Waals surface area contributed by atoms with Crippen LogP contribution >= 0.6 is 11.8 Å². The Morgan fingerprint density at radius 1 is 1.12 bits per heavy atom. The molecular formula is C17H21NO4S2. The second-order valence-electron chi connectivity index (χ2n) is 5.23. The Morgan fingerprint density at radius 2 is 1.67 bits per heavy atom. The fraction of sp³-hybridized carbons (Fsp3) is 0.235. The Labute approximate surface area is 147 Å². The lowest BCUT2D eigenvalue weighted by Gasteiger charge is -2.02. The lowest BCUT2D eigenvalue weighted by atomic mass is 10.2. The summed E-state index contributed by atoms with van der Waals surface area (Å²) in [5.41, 5.74) is 7.25. The molecule has 0 aliphatic rings. The summed E-state index contributed by atoms with van der Waals surface area (Å²) in [6.45, 7) is 3.74. The molecular weight excluding hydrogens is 346 g/mol. The molecule has 0 radical (unpaired) electrons. The van der Waals surface area contributed by atoms with Crippen LogP contribution in [0.5, 0.6) is 0 Å². The average molecular weight is 367 g/mol. The molecule has 2 aromatic carbocycles. The fourth-order valence-corrected chi connectivity index (χ4v) is 2.77. The number of nitrogens with two attached hydrogens (primary N) is 1. The number of thioether (sulfide) groups is 1. The Balaban J connectivity index is 0.000000243. The van der Waals surface area contributed by atoms with E-state index in [2.05, 4.69) is 0 Å². The summed E-state index contributed by atoms with van der Waals surface area (Å²) in [7, 11) is -4.02. The van der Waals surface area contributed by atoms with E-state index in [0.29, 0.717) is 5.75 Å². The van der Waals surface area contributed by atoms with Crippen molar-refractivity contribution in [2.45, 2.75) is 24.8 Å². The highest BCUT2D eigenvalue weighted by Crippen LogP contribution is 2.12. The zero-order chi connectivity index (χ0) is 18.2. The van der Waals surface area contributed by atoms with Crippen LogP contribution in [0.3, 0.4) is 0 Å². The van der Waals surface area contributed by atoms with Crippen LogP contribution in [0.4, 0.5) is 0 Å². The summed E-state index contributed by atoms with van der Waals surface area (Å²) in [4.78, 5) is 11.4. The minimum absolute atomic E-state index is 0.0666. The third-order valence-electron chi connectivity index (χ3n) is 2.81. The summed E-state index contributed by atoms with van der Waals surface area (Å²) in [6, 6.07) is 15.3. The molecule has 0 fully saturated rings. The maximum Gasteiger partial charge on any atom is 0.294 e. The molecule has 0 spiro atoms. The monoisotopic (exact) mass is 367 g/mol. The minimum atomic E-state index is -4.02. The van der Waals surface area contributed by atoms with Crippen molar-refractivity contribution < 1.29 is 17.8 Å². The van der Waals surface area contributed by atoms with Crippen molar-refractivity contribution in [2.75, 3.05) is 5.75 Å². The zero-order valence-electron chi connectivity index (χ0n) is 13.5. The molecule has 1 atom stereocenters. The molecule has 7 heteroatoms. The molecule has 0 aromatic heterocycles. The molecule has 0 bridgehead atoms. The molecule has 0 saturated heterocycles. The molecule has 0 amide bonds. The van der Waals surface area contributed by atoms with Crippen LogP contribution in [-0.2, 0) is 10.1 Å². The largest absolute Gasteiger partial charge is 0.327 e. The first kappa shape index (κ1) is 20.4. The van der Waals surface area contributed by atoms with Crippen LogP contribution in [0.25, 0.3) is 0 Å². The van der Waals surface area contributed by atoms with E-state index in [9.17, 15) is 13.2 Å². The van der Waals surface area contributed by atoms with Crippen LogP contribution in [0, 0.1) is 6.92 Å². The van der Waals surface area contributed by atoms with Gasteiger partial charge in [0.15, 0.2) is 0 Å². The summed E-state index contributed by atoms with van der Waals surface area (Å²) in [6.07, 6.45) is 0. The van der Waals surface area contributed by atoms with Gasteiger partial charge in [0.1, 0.15) is 0 Å². The lowest BCUT2D eigenvalue weighted by Crippen LogP contribution is -2.18. The normalized spacial score (nSPS) is 12.0. The molecule has 0 aliphatic carbocycles. The van der Waals surface area contributed by atoms with E-state index in [0.717, 1.165) is 11.1 Å². The van der Waals surface area contributed by atoms with Gasteiger partial charge in [0.25, 0.3) is 10.1 Å². The number of benzene rings is 2. The molecule has 0 saturated carbocycles. The van der Waals surface area contributed by atoms with E-state index < -0.39 is 10.1 Å². The second kappa shape index (κ2) is 9.58. The number of aryl methyl sites for hydroxylation is 1.